The standard InChI is InChI=1S/C11H16O6S2/c1-8(12)17-4-9-5-18-6-10(13)15-2-3-16-11(14)7-19-9/h9H,2-7H2,1H3. The summed E-state index contributed by atoms with van der Waals surface area (Å²) < 4.78 is 14.7. The normalized spacial score (nSPS) is 22.5. The van der Waals surface area contributed by atoms with Crippen molar-refractivity contribution in [3.05, 3.63) is 0 Å². The second-order valence-corrected chi connectivity index (χ2v) is 6.01. The molecule has 1 aliphatic heterocycles. The van der Waals surface area contributed by atoms with Gasteiger partial charge in [-0.25, -0.2) is 0 Å². The Kier molecular flexibility index (Phi) is 7.73. The molecule has 19 heavy (non-hydrogen) atoms. The third-order valence-corrected chi connectivity index (χ3v) is 4.51. The minimum Gasteiger partial charge on any atom is -0.465 e. The van der Waals surface area contributed by atoms with E-state index in [1.807, 2.05) is 0 Å². The van der Waals surface area contributed by atoms with E-state index < -0.39 is 0 Å². The number of hydrogen-bond acceptors (Lipinski definition) is 8. The predicted molar refractivity (Wildman–Crippen MR) is 72.1 cm³/mol. The molecule has 0 aromatic heterocycles. The lowest BCUT2D eigenvalue weighted by Gasteiger charge is -2.16. The zero-order valence-corrected chi connectivity index (χ0v) is 12.2. The largest absolute Gasteiger partial charge is 0.465 e. The van der Waals surface area contributed by atoms with Crippen LogP contribution in [0.15, 0.2) is 0 Å². The van der Waals surface area contributed by atoms with Crippen molar-refractivity contribution in [2.24, 2.45) is 0 Å². The fourth-order valence-corrected chi connectivity index (χ4v) is 3.23. The summed E-state index contributed by atoms with van der Waals surface area (Å²) in [4.78, 5) is 33.4. The molecular weight excluding hydrogens is 292 g/mol. The van der Waals surface area contributed by atoms with Gasteiger partial charge in [0, 0.05) is 17.9 Å². The highest BCUT2D eigenvalue weighted by Gasteiger charge is 2.17. The van der Waals surface area contributed by atoms with Crippen LogP contribution in [-0.2, 0) is 28.6 Å². The van der Waals surface area contributed by atoms with E-state index >= 15 is 0 Å². The predicted octanol–water partition coefficient (Wildman–Crippen LogP) is 0.485. The Labute approximate surface area is 119 Å². The van der Waals surface area contributed by atoms with Gasteiger partial charge >= 0.3 is 17.9 Å². The Morgan fingerprint density at radius 1 is 1.26 bits per heavy atom. The van der Waals surface area contributed by atoms with Crippen molar-refractivity contribution in [1.29, 1.82) is 0 Å². The van der Waals surface area contributed by atoms with E-state index in [2.05, 4.69) is 0 Å². The first-order chi connectivity index (χ1) is 9.08. The fraction of sp³-hybridized carbons (Fsp3) is 0.727. The van der Waals surface area contributed by atoms with Crippen LogP contribution in [0.1, 0.15) is 6.92 Å². The van der Waals surface area contributed by atoms with E-state index in [-0.39, 0.29) is 54.5 Å². The van der Waals surface area contributed by atoms with E-state index in [1.165, 1.54) is 30.4 Å². The number of cyclic esters (lactones) is 2. The quantitative estimate of drug-likeness (QED) is 0.538. The average molecular weight is 308 g/mol. The van der Waals surface area contributed by atoms with E-state index in [9.17, 15) is 14.4 Å². The smallest absolute Gasteiger partial charge is 0.316 e. The van der Waals surface area contributed by atoms with Gasteiger partial charge in [-0.05, 0) is 0 Å². The lowest BCUT2D eigenvalue weighted by Crippen LogP contribution is -2.23. The van der Waals surface area contributed by atoms with E-state index in [0.717, 1.165) is 0 Å². The molecule has 0 bridgehead atoms. The topological polar surface area (TPSA) is 78.9 Å². The summed E-state index contributed by atoms with van der Waals surface area (Å²) in [6, 6.07) is 0. The van der Waals surface area contributed by atoms with Crippen molar-refractivity contribution in [1.82, 2.24) is 0 Å². The van der Waals surface area contributed by atoms with Crippen LogP contribution in [0.3, 0.4) is 0 Å². The van der Waals surface area contributed by atoms with Crippen LogP contribution in [0.25, 0.3) is 0 Å². The molecule has 0 N–H and O–H groups in total. The minimum atomic E-state index is -0.362. The Morgan fingerprint density at radius 2 is 1.89 bits per heavy atom. The molecule has 1 unspecified atom stereocenters. The average Bonchev–Trinajstić information content (AvgIpc) is 2.35. The van der Waals surface area contributed by atoms with Gasteiger partial charge in [-0.2, -0.15) is 0 Å². The summed E-state index contributed by atoms with van der Waals surface area (Å²) in [6.07, 6.45) is 0. The maximum absolute atomic E-state index is 11.4. The number of ether oxygens (including phenoxy) is 3. The maximum Gasteiger partial charge on any atom is 0.316 e. The van der Waals surface area contributed by atoms with Gasteiger partial charge in [0.2, 0.25) is 0 Å². The highest BCUT2D eigenvalue weighted by molar-refractivity contribution is 8.04. The molecular formula is C11H16O6S2. The first-order valence-electron chi connectivity index (χ1n) is 5.72. The second-order valence-electron chi connectivity index (χ2n) is 3.69. The lowest BCUT2D eigenvalue weighted by atomic mass is 10.5. The van der Waals surface area contributed by atoms with Crippen LogP contribution < -0.4 is 0 Å². The fourth-order valence-electron chi connectivity index (χ4n) is 1.21. The molecule has 1 fully saturated rings. The summed E-state index contributed by atoms with van der Waals surface area (Å²) in [6.45, 7) is 1.71. The Morgan fingerprint density at radius 3 is 2.53 bits per heavy atom. The molecule has 1 rings (SSSR count). The molecule has 0 aromatic rings. The molecule has 1 aliphatic rings. The van der Waals surface area contributed by atoms with Gasteiger partial charge in [0.1, 0.15) is 19.8 Å². The van der Waals surface area contributed by atoms with Crippen molar-refractivity contribution in [3.63, 3.8) is 0 Å². The number of carbonyl (C=O) groups is 3. The van der Waals surface area contributed by atoms with Gasteiger partial charge in [0.05, 0.1) is 11.5 Å². The van der Waals surface area contributed by atoms with Crippen LogP contribution in [-0.4, -0.2) is 60.2 Å². The molecule has 6 nitrogen and oxygen atoms in total. The summed E-state index contributed by atoms with van der Waals surface area (Å²) in [5.74, 6) is -0.0257. The zero-order valence-electron chi connectivity index (χ0n) is 10.6. The Hall–Kier alpha value is -0.890. The third-order valence-electron chi connectivity index (χ3n) is 2.04. The number of esters is 3. The summed E-state index contributed by atoms with van der Waals surface area (Å²) in [7, 11) is 0. The molecule has 0 aliphatic carbocycles. The van der Waals surface area contributed by atoms with Gasteiger partial charge in [-0.1, -0.05) is 0 Å². The van der Waals surface area contributed by atoms with Gasteiger partial charge in [0.15, 0.2) is 0 Å². The minimum absolute atomic E-state index is 0.0475. The van der Waals surface area contributed by atoms with Crippen LogP contribution in [0, 0.1) is 0 Å². The molecule has 0 radical (unpaired) electrons. The third kappa shape index (κ3) is 7.99. The molecule has 1 saturated heterocycles. The first kappa shape index (κ1) is 16.2. The molecule has 8 heteroatoms. The molecule has 0 spiro atoms. The monoisotopic (exact) mass is 308 g/mol. The van der Waals surface area contributed by atoms with Gasteiger partial charge < -0.3 is 14.2 Å². The summed E-state index contributed by atoms with van der Waals surface area (Å²) in [5.41, 5.74) is 0. The van der Waals surface area contributed by atoms with Gasteiger partial charge in [0.25, 0.3) is 0 Å². The van der Waals surface area contributed by atoms with E-state index in [1.54, 1.807) is 0 Å². The number of rotatable bonds is 2. The molecule has 0 amide bonds. The molecule has 0 saturated carbocycles. The number of hydrogen-bond donors (Lipinski definition) is 0. The van der Waals surface area contributed by atoms with Gasteiger partial charge in [-0.3, -0.25) is 14.4 Å². The molecule has 1 heterocycles. The maximum atomic E-state index is 11.4. The van der Waals surface area contributed by atoms with Crippen molar-refractivity contribution in [2.75, 3.05) is 37.1 Å². The van der Waals surface area contributed by atoms with Crippen molar-refractivity contribution < 1.29 is 28.6 Å². The summed E-state index contributed by atoms with van der Waals surface area (Å²) in [5, 5.41) is -0.0475. The molecule has 0 aromatic carbocycles. The number of thioether (sulfide) groups is 2. The highest BCUT2D eigenvalue weighted by Crippen LogP contribution is 2.18. The van der Waals surface area contributed by atoms with Crippen LogP contribution in [0.5, 0.6) is 0 Å². The second kappa shape index (κ2) is 9.08. The molecule has 108 valence electrons. The van der Waals surface area contributed by atoms with Crippen LogP contribution >= 0.6 is 23.5 Å². The van der Waals surface area contributed by atoms with Crippen LogP contribution in [0.2, 0.25) is 0 Å². The van der Waals surface area contributed by atoms with Crippen molar-refractivity contribution in [3.8, 4) is 0 Å². The molecule has 1 atom stereocenters. The summed E-state index contributed by atoms with van der Waals surface area (Å²) >= 11 is 2.76. The highest BCUT2D eigenvalue weighted by atomic mass is 32.2. The van der Waals surface area contributed by atoms with Crippen molar-refractivity contribution in [2.45, 2.75) is 12.2 Å². The van der Waals surface area contributed by atoms with Crippen LogP contribution in [0.4, 0.5) is 0 Å². The first-order valence-corrected chi connectivity index (χ1v) is 7.92. The Bertz CT molecular complexity index is 333. The lowest BCUT2D eigenvalue weighted by molar-refractivity contribution is -0.148. The van der Waals surface area contributed by atoms with E-state index in [0.29, 0.717) is 5.75 Å². The SMILES string of the molecule is CC(=O)OCC1CSCC(=O)OCCOC(=O)CS1. The van der Waals surface area contributed by atoms with E-state index in [4.69, 9.17) is 14.2 Å². The Balaban J connectivity index is 2.46. The van der Waals surface area contributed by atoms with Gasteiger partial charge in [-0.15, -0.1) is 23.5 Å². The number of carbonyl (C=O) groups excluding carboxylic acids is 3. The zero-order chi connectivity index (χ0) is 14.1. The van der Waals surface area contributed by atoms with Crippen molar-refractivity contribution >= 4 is 41.4 Å².